The van der Waals surface area contributed by atoms with E-state index in [0.29, 0.717) is 12.2 Å². The van der Waals surface area contributed by atoms with Gasteiger partial charge in [-0.1, -0.05) is 12.6 Å². The first kappa shape index (κ1) is 9.77. The van der Waals surface area contributed by atoms with Gasteiger partial charge in [-0.15, -0.1) is 0 Å². The molecule has 0 aliphatic carbocycles. The molecule has 0 spiro atoms. The first-order chi connectivity index (χ1) is 7.20. The number of carbonyl (C=O) groups is 1. The minimum Gasteiger partial charge on any atom is -0.457 e. The predicted octanol–water partition coefficient (Wildman–Crippen LogP) is 1.93. The van der Waals surface area contributed by atoms with E-state index in [0.717, 1.165) is 17.7 Å². The Balaban J connectivity index is 2.23. The lowest BCUT2D eigenvalue weighted by Gasteiger charge is -2.13. The lowest BCUT2D eigenvalue weighted by molar-refractivity contribution is 0.0535. The van der Waals surface area contributed by atoms with Gasteiger partial charge in [-0.05, 0) is 23.9 Å². The smallest absolute Gasteiger partial charge is 0.338 e. The van der Waals surface area contributed by atoms with Crippen molar-refractivity contribution in [3.8, 4) is 0 Å². The predicted molar refractivity (Wildman–Crippen MR) is 57.2 cm³/mol. The van der Waals surface area contributed by atoms with Crippen LogP contribution in [0.3, 0.4) is 0 Å². The van der Waals surface area contributed by atoms with Gasteiger partial charge in [0, 0.05) is 19.2 Å². The molecule has 0 radical (unpaired) electrons. The number of cyclic esters (lactones) is 1. The summed E-state index contributed by atoms with van der Waals surface area (Å²) in [6, 6.07) is 5.79. The summed E-state index contributed by atoms with van der Waals surface area (Å²) >= 11 is 0. The third kappa shape index (κ3) is 1.86. The van der Waals surface area contributed by atoms with Crippen molar-refractivity contribution in [3.05, 3.63) is 47.7 Å². The van der Waals surface area contributed by atoms with Crippen LogP contribution in [-0.2, 0) is 17.9 Å². The molecule has 1 aliphatic rings. The topological polar surface area (TPSA) is 29.5 Å². The maximum atomic E-state index is 11.2. The lowest BCUT2D eigenvalue weighted by atomic mass is 10.1. The minimum absolute atomic E-state index is 0.214. The number of hydrogen-bond acceptors (Lipinski definition) is 3. The van der Waals surface area contributed by atoms with Gasteiger partial charge < -0.3 is 9.64 Å². The Kier molecular flexibility index (Phi) is 2.46. The van der Waals surface area contributed by atoms with Gasteiger partial charge >= 0.3 is 5.97 Å². The molecule has 3 heteroatoms. The first-order valence-electron chi connectivity index (χ1n) is 4.82. The number of benzene rings is 1. The number of ether oxygens (including phenoxy) is 1. The summed E-state index contributed by atoms with van der Waals surface area (Å²) in [5, 5.41) is 0. The highest BCUT2D eigenvalue weighted by molar-refractivity contribution is 5.93. The fraction of sp³-hybridized carbons (Fsp3) is 0.250. The van der Waals surface area contributed by atoms with Crippen LogP contribution in [0.25, 0.3) is 0 Å². The van der Waals surface area contributed by atoms with Crippen molar-refractivity contribution < 1.29 is 9.53 Å². The van der Waals surface area contributed by atoms with E-state index in [2.05, 4.69) is 6.58 Å². The van der Waals surface area contributed by atoms with Crippen molar-refractivity contribution in [2.45, 2.75) is 13.2 Å². The van der Waals surface area contributed by atoms with E-state index in [1.165, 1.54) is 0 Å². The van der Waals surface area contributed by atoms with Gasteiger partial charge in [-0.3, -0.25) is 0 Å². The van der Waals surface area contributed by atoms with Gasteiger partial charge in [0.1, 0.15) is 6.61 Å². The van der Waals surface area contributed by atoms with Crippen molar-refractivity contribution >= 4 is 5.97 Å². The van der Waals surface area contributed by atoms with Gasteiger partial charge in [0.15, 0.2) is 0 Å². The largest absolute Gasteiger partial charge is 0.457 e. The summed E-state index contributed by atoms with van der Waals surface area (Å²) in [5.74, 6) is -0.214. The van der Waals surface area contributed by atoms with E-state index in [-0.39, 0.29) is 5.97 Å². The zero-order valence-corrected chi connectivity index (χ0v) is 8.69. The standard InChI is InChI=1S/C12H13NO2/c1-3-13(2)7-9-4-5-11-10(6-9)8-15-12(11)14/h3-6H,1,7-8H2,2H3. The Morgan fingerprint density at radius 2 is 2.40 bits per heavy atom. The molecule has 0 saturated carbocycles. The highest BCUT2D eigenvalue weighted by Gasteiger charge is 2.20. The second-order valence-corrected chi connectivity index (χ2v) is 3.67. The first-order valence-corrected chi connectivity index (χ1v) is 4.82. The summed E-state index contributed by atoms with van der Waals surface area (Å²) in [6.07, 6.45) is 1.77. The Morgan fingerprint density at radius 3 is 3.13 bits per heavy atom. The number of fused-ring (bicyclic) bond motifs is 1. The lowest BCUT2D eigenvalue weighted by Crippen LogP contribution is -2.09. The van der Waals surface area contributed by atoms with Crippen LogP contribution in [0.5, 0.6) is 0 Å². The van der Waals surface area contributed by atoms with Crippen LogP contribution >= 0.6 is 0 Å². The molecule has 15 heavy (non-hydrogen) atoms. The minimum atomic E-state index is -0.214. The molecule has 2 rings (SSSR count). The Bertz CT molecular complexity index is 412. The fourth-order valence-electron chi connectivity index (χ4n) is 1.64. The molecule has 1 aromatic rings. The van der Waals surface area contributed by atoms with E-state index in [9.17, 15) is 4.79 Å². The van der Waals surface area contributed by atoms with Crippen molar-refractivity contribution in [3.63, 3.8) is 0 Å². The fourth-order valence-corrected chi connectivity index (χ4v) is 1.64. The van der Waals surface area contributed by atoms with Crippen LogP contribution < -0.4 is 0 Å². The molecule has 0 unspecified atom stereocenters. The van der Waals surface area contributed by atoms with Crippen molar-refractivity contribution in [1.29, 1.82) is 0 Å². The number of rotatable bonds is 3. The Morgan fingerprint density at radius 1 is 1.60 bits per heavy atom. The molecule has 1 aromatic carbocycles. The third-order valence-electron chi connectivity index (χ3n) is 2.49. The maximum Gasteiger partial charge on any atom is 0.338 e. The van der Waals surface area contributed by atoms with Gasteiger partial charge in [0.2, 0.25) is 0 Å². The number of carbonyl (C=O) groups excluding carboxylic acids is 1. The summed E-state index contributed by atoms with van der Waals surface area (Å²) in [6.45, 7) is 4.89. The van der Waals surface area contributed by atoms with Crippen LogP contribution in [0.4, 0.5) is 0 Å². The highest BCUT2D eigenvalue weighted by Crippen LogP contribution is 2.21. The van der Waals surface area contributed by atoms with Crippen LogP contribution in [0, 0.1) is 0 Å². The quantitative estimate of drug-likeness (QED) is 0.703. The van der Waals surface area contributed by atoms with Gasteiger partial charge in [0.25, 0.3) is 0 Å². The van der Waals surface area contributed by atoms with Crippen LogP contribution in [0.15, 0.2) is 31.0 Å². The number of nitrogens with zero attached hydrogens (tertiary/aromatic N) is 1. The van der Waals surface area contributed by atoms with Crippen molar-refractivity contribution in [1.82, 2.24) is 4.90 Å². The van der Waals surface area contributed by atoms with Gasteiger partial charge in [-0.25, -0.2) is 4.79 Å². The van der Waals surface area contributed by atoms with E-state index < -0.39 is 0 Å². The van der Waals surface area contributed by atoms with Crippen LogP contribution in [0.1, 0.15) is 21.5 Å². The normalized spacial score (nSPS) is 13.3. The molecule has 0 amide bonds. The Hall–Kier alpha value is -1.77. The van der Waals surface area contributed by atoms with E-state index >= 15 is 0 Å². The molecular formula is C12H13NO2. The molecule has 0 fully saturated rings. The third-order valence-corrected chi connectivity index (χ3v) is 2.49. The molecule has 0 bridgehead atoms. The molecular weight excluding hydrogens is 190 g/mol. The maximum absolute atomic E-state index is 11.2. The summed E-state index contributed by atoms with van der Waals surface area (Å²) in [7, 11) is 1.96. The average Bonchev–Trinajstić information content (AvgIpc) is 2.60. The highest BCUT2D eigenvalue weighted by atomic mass is 16.5. The SMILES string of the molecule is C=CN(C)Cc1ccc2c(c1)COC2=O. The monoisotopic (exact) mass is 203 g/mol. The molecule has 0 aromatic heterocycles. The molecule has 0 atom stereocenters. The molecule has 0 saturated heterocycles. The molecule has 1 aliphatic heterocycles. The van der Waals surface area contributed by atoms with Crippen molar-refractivity contribution in [2.24, 2.45) is 0 Å². The zero-order chi connectivity index (χ0) is 10.8. The zero-order valence-electron chi connectivity index (χ0n) is 8.69. The summed E-state index contributed by atoms with van der Waals surface area (Å²) in [5.41, 5.74) is 2.84. The number of hydrogen-bond donors (Lipinski definition) is 0. The molecule has 78 valence electrons. The van der Waals surface area contributed by atoms with Gasteiger partial charge in [0.05, 0.1) is 5.56 Å². The second-order valence-electron chi connectivity index (χ2n) is 3.67. The summed E-state index contributed by atoms with van der Waals surface area (Å²) in [4.78, 5) is 13.2. The molecule has 1 heterocycles. The van der Waals surface area contributed by atoms with Crippen molar-refractivity contribution in [2.75, 3.05) is 7.05 Å². The Labute approximate surface area is 89.0 Å². The second kappa shape index (κ2) is 3.77. The number of esters is 1. The van der Waals surface area contributed by atoms with E-state index in [1.54, 1.807) is 6.20 Å². The van der Waals surface area contributed by atoms with Crippen LogP contribution in [0.2, 0.25) is 0 Å². The van der Waals surface area contributed by atoms with E-state index in [1.807, 2.05) is 30.1 Å². The van der Waals surface area contributed by atoms with E-state index in [4.69, 9.17) is 4.74 Å². The summed E-state index contributed by atoms with van der Waals surface area (Å²) < 4.78 is 4.94. The molecule has 0 N–H and O–H groups in total. The van der Waals surface area contributed by atoms with Crippen LogP contribution in [-0.4, -0.2) is 17.9 Å². The molecule has 3 nitrogen and oxygen atoms in total. The average molecular weight is 203 g/mol. The van der Waals surface area contributed by atoms with Gasteiger partial charge in [-0.2, -0.15) is 0 Å².